The van der Waals surface area contributed by atoms with Crippen LogP contribution in [0.1, 0.15) is 25.0 Å². The summed E-state index contributed by atoms with van der Waals surface area (Å²) in [5, 5.41) is 2.44. The molecular formula is C28H20N2O. The van der Waals surface area contributed by atoms with Crippen LogP contribution in [0.4, 0.5) is 0 Å². The van der Waals surface area contributed by atoms with Gasteiger partial charge in [0.1, 0.15) is 5.52 Å². The van der Waals surface area contributed by atoms with Crippen molar-refractivity contribution in [2.45, 2.75) is 19.3 Å². The number of nitrogens with zero attached hydrogens (tertiary/aromatic N) is 2. The summed E-state index contributed by atoms with van der Waals surface area (Å²) in [4.78, 5) is 4.87. The lowest BCUT2D eigenvalue weighted by molar-refractivity contribution is 0.574. The molecule has 0 radical (unpaired) electrons. The number of fused-ring (bicyclic) bond motifs is 8. The van der Waals surface area contributed by atoms with Gasteiger partial charge in [0.25, 0.3) is 0 Å². The van der Waals surface area contributed by atoms with Crippen molar-refractivity contribution in [1.29, 1.82) is 0 Å². The molecule has 0 amide bonds. The molecule has 6 aromatic rings. The minimum Gasteiger partial charge on any atom is -0.423 e. The quantitative estimate of drug-likeness (QED) is 0.291. The van der Waals surface area contributed by atoms with Crippen molar-refractivity contribution in [3.05, 3.63) is 96.1 Å². The molecule has 0 spiro atoms. The third-order valence-electron chi connectivity index (χ3n) is 6.85. The Morgan fingerprint density at radius 1 is 0.742 bits per heavy atom. The molecule has 0 aliphatic heterocycles. The van der Waals surface area contributed by atoms with Crippen LogP contribution in [0.15, 0.2) is 89.3 Å². The van der Waals surface area contributed by atoms with Gasteiger partial charge in [0.2, 0.25) is 0 Å². The molecular weight excluding hydrogens is 380 g/mol. The van der Waals surface area contributed by atoms with Crippen LogP contribution in [0.2, 0.25) is 0 Å². The van der Waals surface area contributed by atoms with Crippen molar-refractivity contribution in [3.8, 4) is 17.1 Å². The van der Waals surface area contributed by atoms with Crippen molar-refractivity contribution in [3.63, 3.8) is 0 Å². The van der Waals surface area contributed by atoms with Crippen LogP contribution in [0.25, 0.3) is 50.0 Å². The number of hydrogen-bond donors (Lipinski definition) is 0. The summed E-state index contributed by atoms with van der Waals surface area (Å²) in [6.07, 6.45) is 0. The maximum absolute atomic E-state index is 6.28. The third-order valence-corrected chi connectivity index (χ3v) is 6.85. The average molecular weight is 400 g/mol. The smallest absolute Gasteiger partial charge is 0.307 e. The number of rotatable bonds is 1. The van der Waals surface area contributed by atoms with Crippen LogP contribution in [-0.4, -0.2) is 9.55 Å². The molecule has 2 heterocycles. The van der Waals surface area contributed by atoms with E-state index in [0.29, 0.717) is 6.01 Å². The van der Waals surface area contributed by atoms with Gasteiger partial charge >= 0.3 is 6.01 Å². The molecule has 7 rings (SSSR count). The van der Waals surface area contributed by atoms with Crippen molar-refractivity contribution in [2.24, 2.45) is 0 Å². The van der Waals surface area contributed by atoms with Crippen molar-refractivity contribution in [2.75, 3.05) is 0 Å². The van der Waals surface area contributed by atoms with Crippen molar-refractivity contribution < 1.29 is 4.42 Å². The number of oxazole rings is 1. The molecule has 1 aliphatic rings. The first-order valence-corrected chi connectivity index (χ1v) is 10.7. The fourth-order valence-electron chi connectivity index (χ4n) is 5.40. The van der Waals surface area contributed by atoms with Gasteiger partial charge < -0.3 is 4.42 Å². The number of para-hydroxylation sites is 3. The minimum absolute atomic E-state index is 0.0529. The first-order chi connectivity index (χ1) is 15.1. The van der Waals surface area contributed by atoms with Gasteiger partial charge in [-0.25, -0.2) is 0 Å². The Kier molecular flexibility index (Phi) is 3.07. The van der Waals surface area contributed by atoms with Crippen LogP contribution in [0.3, 0.4) is 0 Å². The van der Waals surface area contributed by atoms with E-state index in [9.17, 15) is 0 Å². The van der Waals surface area contributed by atoms with Gasteiger partial charge in [0.15, 0.2) is 5.58 Å². The molecule has 1 aliphatic carbocycles. The molecule has 3 heteroatoms. The molecule has 0 N–H and O–H groups in total. The maximum atomic E-state index is 6.28. The molecule has 0 atom stereocenters. The Balaban J connectivity index is 1.71. The minimum atomic E-state index is -0.0529. The van der Waals surface area contributed by atoms with E-state index in [1.165, 1.54) is 38.5 Å². The largest absolute Gasteiger partial charge is 0.423 e. The van der Waals surface area contributed by atoms with E-state index in [1.807, 2.05) is 24.3 Å². The summed E-state index contributed by atoms with van der Waals surface area (Å²) in [7, 11) is 0. The standard InChI is InChI=1S/C28H20N2O/c1-28(2)20-11-5-3-10-19(20)25-21(28)16-15-18-17-9-4-7-13-23(17)30(26(18)25)27-29-22-12-6-8-14-24(22)31-27/h3-16H,1-2H3. The Hall–Kier alpha value is -3.85. The van der Waals surface area contributed by atoms with Crippen LogP contribution in [0, 0.1) is 0 Å². The highest BCUT2D eigenvalue weighted by molar-refractivity contribution is 6.15. The Morgan fingerprint density at radius 2 is 1.52 bits per heavy atom. The first-order valence-electron chi connectivity index (χ1n) is 10.7. The van der Waals surface area contributed by atoms with Crippen LogP contribution < -0.4 is 0 Å². The molecule has 3 nitrogen and oxygen atoms in total. The second-order valence-corrected chi connectivity index (χ2v) is 8.87. The fourth-order valence-corrected chi connectivity index (χ4v) is 5.40. The first kappa shape index (κ1) is 16.9. The number of hydrogen-bond acceptors (Lipinski definition) is 2. The summed E-state index contributed by atoms with van der Waals surface area (Å²) in [6, 6.07) is 30.4. The lowest BCUT2D eigenvalue weighted by Gasteiger charge is -2.21. The van der Waals surface area contributed by atoms with Gasteiger partial charge in [-0.1, -0.05) is 80.6 Å². The van der Waals surface area contributed by atoms with Gasteiger partial charge in [0, 0.05) is 21.8 Å². The zero-order valence-corrected chi connectivity index (χ0v) is 17.4. The van der Waals surface area contributed by atoms with Crippen molar-refractivity contribution in [1.82, 2.24) is 9.55 Å². The van der Waals surface area contributed by atoms with Gasteiger partial charge in [-0.2, -0.15) is 4.98 Å². The van der Waals surface area contributed by atoms with Gasteiger partial charge in [-0.05, 0) is 34.9 Å². The van der Waals surface area contributed by atoms with E-state index >= 15 is 0 Å². The molecule has 0 saturated heterocycles. The fraction of sp³-hybridized carbons (Fsp3) is 0.107. The predicted molar refractivity (Wildman–Crippen MR) is 126 cm³/mol. The van der Waals surface area contributed by atoms with Crippen LogP contribution in [0.5, 0.6) is 0 Å². The van der Waals surface area contributed by atoms with E-state index in [-0.39, 0.29) is 5.41 Å². The summed E-state index contributed by atoms with van der Waals surface area (Å²) < 4.78 is 8.49. The zero-order chi connectivity index (χ0) is 20.7. The number of benzene rings is 4. The summed E-state index contributed by atoms with van der Waals surface area (Å²) in [5.74, 6) is 0. The second kappa shape index (κ2) is 5.64. The van der Waals surface area contributed by atoms with Gasteiger partial charge in [-0.15, -0.1) is 0 Å². The predicted octanol–water partition coefficient (Wildman–Crippen LogP) is 7.23. The molecule has 4 aromatic carbocycles. The highest BCUT2D eigenvalue weighted by Crippen LogP contribution is 2.52. The number of aromatic nitrogens is 2. The highest BCUT2D eigenvalue weighted by atomic mass is 16.4. The Morgan fingerprint density at radius 3 is 2.42 bits per heavy atom. The third kappa shape index (κ3) is 2.05. The topological polar surface area (TPSA) is 31.0 Å². The zero-order valence-electron chi connectivity index (χ0n) is 17.4. The SMILES string of the molecule is CC1(C)c2ccccc2-c2c1ccc1c3ccccc3n(-c3nc4ccccc4o3)c21. The molecule has 31 heavy (non-hydrogen) atoms. The summed E-state index contributed by atoms with van der Waals surface area (Å²) in [5.41, 5.74) is 9.21. The van der Waals surface area contributed by atoms with E-state index in [1.54, 1.807) is 0 Å². The highest BCUT2D eigenvalue weighted by Gasteiger charge is 2.37. The Labute approximate surface area is 179 Å². The van der Waals surface area contributed by atoms with Gasteiger partial charge in [0.05, 0.1) is 11.0 Å². The second-order valence-electron chi connectivity index (χ2n) is 8.87. The monoisotopic (exact) mass is 400 g/mol. The molecule has 0 fully saturated rings. The van der Waals surface area contributed by atoms with E-state index in [2.05, 4.69) is 79.1 Å². The summed E-state index contributed by atoms with van der Waals surface area (Å²) >= 11 is 0. The van der Waals surface area contributed by atoms with Crippen LogP contribution in [-0.2, 0) is 5.41 Å². The van der Waals surface area contributed by atoms with Crippen molar-refractivity contribution >= 4 is 32.9 Å². The van der Waals surface area contributed by atoms with E-state index in [4.69, 9.17) is 9.40 Å². The lowest BCUT2D eigenvalue weighted by atomic mass is 9.82. The molecule has 2 aromatic heterocycles. The summed E-state index contributed by atoms with van der Waals surface area (Å²) in [6.45, 7) is 4.63. The van der Waals surface area contributed by atoms with E-state index < -0.39 is 0 Å². The average Bonchev–Trinajstić information content (AvgIpc) is 3.43. The van der Waals surface area contributed by atoms with E-state index in [0.717, 1.165) is 16.6 Å². The molecule has 0 bridgehead atoms. The lowest BCUT2D eigenvalue weighted by Crippen LogP contribution is -2.14. The molecule has 0 unspecified atom stereocenters. The van der Waals surface area contributed by atoms with Gasteiger partial charge in [-0.3, -0.25) is 4.57 Å². The Bertz CT molecular complexity index is 1630. The normalized spacial score (nSPS) is 14.4. The maximum Gasteiger partial charge on any atom is 0.307 e. The van der Waals surface area contributed by atoms with Crippen LogP contribution >= 0.6 is 0 Å². The molecule has 148 valence electrons. The molecule has 0 saturated carbocycles.